The zero-order chi connectivity index (χ0) is 42.8. The lowest BCUT2D eigenvalue weighted by atomic mass is 9.75. The average Bonchev–Trinajstić information content (AvgIpc) is 3.69. The van der Waals surface area contributed by atoms with Gasteiger partial charge in [-0.1, -0.05) is 27.7 Å². The van der Waals surface area contributed by atoms with E-state index >= 15 is 0 Å². The summed E-state index contributed by atoms with van der Waals surface area (Å²) < 4.78 is 57.0. The van der Waals surface area contributed by atoms with Crippen molar-refractivity contribution in [2.75, 3.05) is 41.5 Å². The topological polar surface area (TPSA) is 208 Å². The summed E-state index contributed by atoms with van der Waals surface area (Å²) in [4.78, 5) is 30.3. The number of likely N-dealkylation sites (N-methyl/N-ethyl adjacent to an activating group) is 1. The standard InChI is InChI=1S/C41H67N3O13/c1-21-19-39(8,49-12)34(57-38-32(51-16-14-42)28(44(10)11)18-22(2)53-38)24(4)31(55-29-20-40(9,50-13)36(27(7)54-29)52-17-15-43)25(5)37(47)56-35-26(6)41(35,48)33(46)23(3)30(21)45/h21-29,31-36,38,46,48H,16-20H2,1-13H3/t21-,22-,23?,24+,25-,26?,27+,28+,29+,31+,32-,33-,34-,35-,36+,38+,39+,40-,41+/m1/s1. The zero-order valence-electron chi connectivity index (χ0n) is 36.0. The molecule has 4 aliphatic rings. The Labute approximate surface area is 338 Å². The van der Waals surface area contributed by atoms with E-state index in [-0.39, 0.29) is 44.0 Å². The summed E-state index contributed by atoms with van der Waals surface area (Å²) in [5.41, 5.74) is -4.05. The number of hydrogen-bond acceptors (Lipinski definition) is 16. The Morgan fingerprint density at radius 2 is 1.44 bits per heavy atom. The molecule has 16 nitrogen and oxygen atoms in total. The molecule has 4 rings (SSSR count). The minimum absolute atomic E-state index is 0.108. The molecular weight excluding hydrogens is 742 g/mol. The van der Waals surface area contributed by atoms with E-state index in [1.165, 1.54) is 7.11 Å². The minimum Gasteiger partial charge on any atom is -0.458 e. The number of Topliss-reactive ketones (excluding diaryl/α,β-unsaturated/α-hetero) is 1. The highest BCUT2D eigenvalue weighted by molar-refractivity contribution is 5.84. The van der Waals surface area contributed by atoms with Gasteiger partial charge >= 0.3 is 5.97 Å². The van der Waals surface area contributed by atoms with Gasteiger partial charge in [0.25, 0.3) is 0 Å². The fourth-order valence-electron chi connectivity index (χ4n) is 9.55. The number of esters is 1. The Morgan fingerprint density at radius 1 is 0.842 bits per heavy atom. The van der Waals surface area contributed by atoms with Crippen LogP contribution in [0.3, 0.4) is 0 Å². The summed E-state index contributed by atoms with van der Waals surface area (Å²) >= 11 is 0. The van der Waals surface area contributed by atoms with Crippen LogP contribution in [0.4, 0.5) is 0 Å². The number of ketones is 1. The van der Waals surface area contributed by atoms with E-state index in [1.54, 1.807) is 41.7 Å². The maximum absolute atomic E-state index is 14.3. The normalized spacial score (nSPS) is 47.3. The van der Waals surface area contributed by atoms with Gasteiger partial charge < -0.3 is 57.7 Å². The van der Waals surface area contributed by atoms with Crippen LogP contribution in [-0.2, 0) is 52.2 Å². The van der Waals surface area contributed by atoms with E-state index in [2.05, 4.69) is 6.07 Å². The van der Waals surface area contributed by atoms with E-state index in [4.69, 9.17) is 42.6 Å². The molecule has 57 heavy (non-hydrogen) atoms. The maximum atomic E-state index is 14.3. The van der Waals surface area contributed by atoms with Crippen LogP contribution in [-0.4, -0.2) is 153 Å². The molecule has 19 atom stereocenters. The number of ether oxygens (including phenoxy) is 9. The highest BCUT2D eigenvalue weighted by Gasteiger charge is 2.70. The second-order valence-corrected chi connectivity index (χ2v) is 17.5. The van der Waals surface area contributed by atoms with Crippen LogP contribution in [0, 0.1) is 52.3 Å². The van der Waals surface area contributed by atoms with Gasteiger partial charge in [0.1, 0.15) is 42.9 Å². The smallest absolute Gasteiger partial charge is 0.311 e. The molecule has 0 bridgehead atoms. The number of nitriles is 2. The van der Waals surface area contributed by atoms with Crippen molar-refractivity contribution in [3.8, 4) is 12.1 Å². The quantitative estimate of drug-likeness (QED) is 0.288. The van der Waals surface area contributed by atoms with Crippen molar-refractivity contribution >= 4 is 11.8 Å². The molecular formula is C41H67N3O13. The fourth-order valence-corrected chi connectivity index (χ4v) is 9.55. The molecule has 0 aromatic carbocycles. The number of carbonyl (C=O) groups is 2. The number of carbonyl (C=O) groups excluding carboxylic acids is 2. The molecule has 324 valence electrons. The third kappa shape index (κ3) is 9.68. The number of hydrogen-bond donors (Lipinski definition) is 2. The monoisotopic (exact) mass is 809 g/mol. The van der Waals surface area contributed by atoms with Gasteiger partial charge in [0.2, 0.25) is 0 Å². The van der Waals surface area contributed by atoms with E-state index in [1.807, 2.05) is 52.8 Å². The fraction of sp³-hybridized carbons (Fsp3) is 0.902. The first-order valence-corrected chi connectivity index (χ1v) is 20.2. The van der Waals surface area contributed by atoms with Gasteiger partial charge in [0.05, 0.1) is 59.8 Å². The van der Waals surface area contributed by atoms with Gasteiger partial charge in [-0.3, -0.25) is 9.59 Å². The Hall–Kier alpha value is -2.32. The van der Waals surface area contributed by atoms with Crippen molar-refractivity contribution in [1.82, 2.24) is 4.90 Å². The van der Waals surface area contributed by atoms with Crippen molar-refractivity contribution in [3.05, 3.63) is 0 Å². The summed E-state index contributed by atoms with van der Waals surface area (Å²) in [5, 5.41) is 41.8. The van der Waals surface area contributed by atoms with Crippen LogP contribution in [0.1, 0.15) is 81.6 Å². The Balaban J connectivity index is 1.85. The molecule has 3 heterocycles. The van der Waals surface area contributed by atoms with E-state index in [9.17, 15) is 30.3 Å². The molecule has 16 heteroatoms. The lowest BCUT2D eigenvalue weighted by molar-refractivity contribution is -0.323. The zero-order valence-corrected chi connectivity index (χ0v) is 36.0. The van der Waals surface area contributed by atoms with E-state index < -0.39 is 108 Å². The minimum atomic E-state index is -1.83. The van der Waals surface area contributed by atoms with Gasteiger partial charge in [-0.05, 0) is 61.6 Å². The third-order valence-electron chi connectivity index (χ3n) is 13.2. The Morgan fingerprint density at radius 3 is 2.02 bits per heavy atom. The summed E-state index contributed by atoms with van der Waals surface area (Å²) in [6.45, 7) is 15.5. The lowest BCUT2D eigenvalue weighted by Crippen LogP contribution is -2.61. The van der Waals surface area contributed by atoms with Crippen LogP contribution in [0.25, 0.3) is 0 Å². The SMILES string of the molecule is CO[C@]1(C)C[C@H](O[C@H]2[C@H](C)[C@@H](O[C@@H]3O[C@H](C)C[C@H](N(C)C)[C@H]3OCC#N)[C@@](C)(OC)C[C@@H](C)C(=O)C(C)[C@@H](O)[C@@]3(O)C(C)[C@H]3OC(=O)[C@@H]2C)O[C@@H](C)[C@@H]1OCC#N. The number of nitrogens with zero attached hydrogens (tertiary/aromatic N) is 3. The van der Waals surface area contributed by atoms with Crippen molar-refractivity contribution in [2.45, 2.75) is 166 Å². The second kappa shape index (κ2) is 18.9. The van der Waals surface area contributed by atoms with Crippen LogP contribution in [0.15, 0.2) is 0 Å². The van der Waals surface area contributed by atoms with Gasteiger partial charge in [0, 0.05) is 50.4 Å². The molecule has 0 aromatic rings. The van der Waals surface area contributed by atoms with E-state index in [0.717, 1.165) is 0 Å². The van der Waals surface area contributed by atoms with Crippen LogP contribution in [0.2, 0.25) is 0 Å². The van der Waals surface area contributed by atoms with Crippen LogP contribution < -0.4 is 0 Å². The number of aliphatic hydroxyl groups is 2. The highest BCUT2D eigenvalue weighted by Crippen LogP contribution is 2.51. The van der Waals surface area contributed by atoms with Crippen molar-refractivity contribution < 1.29 is 62.4 Å². The molecule has 2 unspecified atom stereocenters. The number of fused-ring (bicyclic) bond motifs is 1. The number of aliphatic hydroxyl groups excluding tert-OH is 1. The summed E-state index contributed by atoms with van der Waals surface area (Å²) in [6.07, 6.45) is -7.84. The maximum Gasteiger partial charge on any atom is 0.311 e. The van der Waals surface area contributed by atoms with Crippen molar-refractivity contribution in [2.24, 2.45) is 29.6 Å². The molecule has 0 radical (unpaired) electrons. The largest absolute Gasteiger partial charge is 0.458 e. The van der Waals surface area contributed by atoms with Crippen LogP contribution >= 0.6 is 0 Å². The van der Waals surface area contributed by atoms with Gasteiger partial charge in [-0.25, -0.2) is 0 Å². The van der Waals surface area contributed by atoms with Crippen molar-refractivity contribution in [1.29, 1.82) is 10.5 Å². The van der Waals surface area contributed by atoms with Crippen molar-refractivity contribution in [3.63, 3.8) is 0 Å². The molecule has 3 saturated heterocycles. The summed E-state index contributed by atoms with van der Waals surface area (Å²) in [5.74, 6) is -5.09. The summed E-state index contributed by atoms with van der Waals surface area (Å²) in [7, 11) is 6.90. The van der Waals surface area contributed by atoms with Crippen LogP contribution in [0.5, 0.6) is 0 Å². The molecule has 0 spiro atoms. The van der Waals surface area contributed by atoms with Gasteiger partial charge in [-0.2, -0.15) is 10.5 Å². The van der Waals surface area contributed by atoms with Gasteiger partial charge in [0.15, 0.2) is 12.6 Å². The molecule has 2 N–H and O–H groups in total. The average molecular weight is 810 g/mol. The molecule has 4 fully saturated rings. The molecule has 3 aliphatic heterocycles. The van der Waals surface area contributed by atoms with Gasteiger partial charge in [-0.15, -0.1) is 0 Å². The molecule has 1 saturated carbocycles. The Bertz CT molecular complexity index is 1470. The first-order chi connectivity index (χ1) is 26.6. The number of methoxy groups -OCH3 is 2. The predicted molar refractivity (Wildman–Crippen MR) is 203 cm³/mol. The predicted octanol–water partition coefficient (Wildman–Crippen LogP) is 2.76. The highest BCUT2D eigenvalue weighted by atomic mass is 16.7. The molecule has 0 amide bonds. The first-order valence-electron chi connectivity index (χ1n) is 20.2. The van der Waals surface area contributed by atoms with E-state index in [0.29, 0.717) is 6.42 Å². The molecule has 1 aliphatic carbocycles. The third-order valence-corrected chi connectivity index (χ3v) is 13.2. The second-order valence-electron chi connectivity index (χ2n) is 17.5. The first kappa shape index (κ1) is 47.4. The summed E-state index contributed by atoms with van der Waals surface area (Å²) in [6, 6.07) is 3.86. The number of rotatable bonds is 11. The lowest BCUT2D eigenvalue weighted by Gasteiger charge is -2.50. The molecule has 0 aromatic heterocycles. The Kier molecular flexibility index (Phi) is 15.7.